The summed E-state index contributed by atoms with van der Waals surface area (Å²) in [7, 11) is 1.64. The second kappa shape index (κ2) is 11.4. The number of carbonyl (C=O) groups is 1. The van der Waals surface area contributed by atoms with Crippen LogP contribution in [0.5, 0.6) is 5.75 Å². The molecule has 1 fully saturated rings. The smallest absolute Gasteiger partial charge is 0.251 e. The highest BCUT2D eigenvalue weighted by Crippen LogP contribution is 2.16. The molecule has 29 heavy (non-hydrogen) atoms. The zero-order valence-electron chi connectivity index (χ0n) is 17.2. The molecule has 2 aromatic carbocycles. The molecule has 1 N–H and O–H groups in total. The van der Waals surface area contributed by atoms with Gasteiger partial charge in [-0.05, 0) is 43.3 Å². The minimum Gasteiger partial charge on any atom is -0.491 e. The normalized spacial score (nSPS) is 14.6. The number of amides is 1. The summed E-state index contributed by atoms with van der Waals surface area (Å²) >= 11 is 0. The van der Waals surface area contributed by atoms with Crippen molar-refractivity contribution < 1.29 is 14.3 Å². The van der Waals surface area contributed by atoms with Crippen LogP contribution in [-0.4, -0.2) is 70.4 Å². The van der Waals surface area contributed by atoms with E-state index in [0.717, 1.165) is 39.1 Å². The van der Waals surface area contributed by atoms with Crippen molar-refractivity contribution in [1.82, 2.24) is 10.2 Å². The number of para-hydroxylation sites is 1. The third-order valence-corrected chi connectivity index (χ3v) is 5.08. The van der Waals surface area contributed by atoms with Gasteiger partial charge in [0, 0.05) is 51.1 Å². The van der Waals surface area contributed by atoms with Crippen molar-refractivity contribution in [1.29, 1.82) is 0 Å². The van der Waals surface area contributed by atoms with Crippen molar-refractivity contribution >= 4 is 11.6 Å². The highest BCUT2D eigenvalue weighted by Gasteiger charge is 2.16. The lowest BCUT2D eigenvalue weighted by Gasteiger charge is -2.36. The van der Waals surface area contributed by atoms with Crippen LogP contribution < -0.4 is 15.0 Å². The van der Waals surface area contributed by atoms with Crippen LogP contribution in [0.15, 0.2) is 54.6 Å². The predicted octanol–water partition coefficient (Wildman–Crippen LogP) is 2.65. The van der Waals surface area contributed by atoms with Gasteiger partial charge in [-0.2, -0.15) is 0 Å². The molecule has 6 nitrogen and oxygen atoms in total. The minimum atomic E-state index is -0.0592. The topological polar surface area (TPSA) is 54.0 Å². The van der Waals surface area contributed by atoms with Gasteiger partial charge >= 0.3 is 0 Å². The number of hydrogen-bond acceptors (Lipinski definition) is 5. The van der Waals surface area contributed by atoms with Gasteiger partial charge in [-0.3, -0.25) is 9.69 Å². The molecule has 0 spiro atoms. The van der Waals surface area contributed by atoms with Gasteiger partial charge in [-0.1, -0.05) is 24.3 Å². The van der Waals surface area contributed by atoms with Crippen molar-refractivity contribution in [3.05, 3.63) is 60.2 Å². The lowest BCUT2D eigenvalue weighted by Crippen LogP contribution is -2.47. The number of rotatable bonds is 10. The van der Waals surface area contributed by atoms with Crippen LogP contribution in [0.25, 0.3) is 0 Å². The Morgan fingerprint density at radius 2 is 1.79 bits per heavy atom. The first kappa shape index (κ1) is 21.1. The molecule has 0 atom stereocenters. The number of ether oxygens (including phenoxy) is 2. The van der Waals surface area contributed by atoms with Gasteiger partial charge in [0.25, 0.3) is 5.91 Å². The van der Waals surface area contributed by atoms with Crippen LogP contribution in [0.4, 0.5) is 5.69 Å². The molecule has 156 valence electrons. The number of hydrogen-bond donors (Lipinski definition) is 1. The molecule has 6 heteroatoms. The summed E-state index contributed by atoms with van der Waals surface area (Å²) in [5, 5.41) is 3.01. The largest absolute Gasteiger partial charge is 0.491 e. The van der Waals surface area contributed by atoms with Crippen molar-refractivity contribution in [2.24, 2.45) is 0 Å². The van der Waals surface area contributed by atoms with Crippen LogP contribution in [0.2, 0.25) is 0 Å². The van der Waals surface area contributed by atoms with Crippen molar-refractivity contribution in [3.8, 4) is 5.75 Å². The fourth-order valence-electron chi connectivity index (χ4n) is 3.45. The molecule has 1 heterocycles. The fraction of sp³-hybridized carbons (Fsp3) is 0.435. The first-order valence-electron chi connectivity index (χ1n) is 10.3. The molecule has 0 aromatic heterocycles. The van der Waals surface area contributed by atoms with Gasteiger partial charge in [-0.25, -0.2) is 0 Å². The number of anilines is 1. The van der Waals surface area contributed by atoms with Crippen molar-refractivity contribution in [2.45, 2.75) is 6.42 Å². The molecule has 0 bridgehead atoms. The van der Waals surface area contributed by atoms with Gasteiger partial charge in [-0.15, -0.1) is 0 Å². The summed E-state index contributed by atoms with van der Waals surface area (Å²) in [6, 6.07) is 17.8. The Hall–Kier alpha value is -2.57. The van der Waals surface area contributed by atoms with E-state index in [-0.39, 0.29) is 5.91 Å². The van der Waals surface area contributed by atoms with E-state index in [1.807, 2.05) is 12.1 Å². The number of benzene rings is 2. The SMILES string of the molecule is COCCOc1cccc(C(=O)NCCCN2CCN(c3ccccc3)CC2)c1. The van der Waals surface area contributed by atoms with E-state index in [1.165, 1.54) is 5.69 Å². The minimum absolute atomic E-state index is 0.0592. The maximum atomic E-state index is 12.4. The second-order valence-electron chi connectivity index (χ2n) is 7.14. The first-order valence-corrected chi connectivity index (χ1v) is 10.3. The lowest BCUT2D eigenvalue weighted by atomic mass is 10.2. The highest BCUT2D eigenvalue weighted by atomic mass is 16.5. The fourth-order valence-corrected chi connectivity index (χ4v) is 3.45. The third-order valence-electron chi connectivity index (χ3n) is 5.08. The van der Waals surface area contributed by atoms with Crippen LogP contribution in [-0.2, 0) is 4.74 Å². The monoisotopic (exact) mass is 397 g/mol. The predicted molar refractivity (Wildman–Crippen MR) is 116 cm³/mol. The van der Waals surface area contributed by atoms with Gasteiger partial charge in [0.05, 0.1) is 6.61 Å². The second-order valence-corrected chi connectivity index (χ2v) is 7.14. The van der Waals surface area contributed by atoms with Crippen LogP contribution >= 0.6 is 0 Å². The highest BCUT2D eigenvalue weighted by molar-refractivity contribution is 5.94. The van der Waals surface area contributed by atoms with E-state index >= 15 is 0 Å². The Morgan fingerprint density at radius 1 is 1.00 bits per heavy atom. The summed E-state index contributed by atoms with van der Waals surface area (Å²) < 4.78 is 10.5. The number of nitrogens with zero attached hydrogens (tertiary/aromatic N) is 2. The van der Waals surface area contributed by atoms with E-state index in [2.05, 4.69) is 45.4 Å². The molecule has 1 saturated heterocycles. The number of methoxy groups -OCH3 is 1. The maximum Gasteiger partial charge on any atom is 0.251 e. The summed E-state index contributed by atoms with van der Waals surface area (Å²) in [6.07, 6.45) is 0.946. The molecular formula is C23H31N3O3. The van der Waals surface area contributed by atoms with E-state index in [9.17, 15) is 4.79 Å². The summed E-state index contributed by atoms with van der Waals surface area (Å²) in [6.45, 7) is 6.89. The molecule has 0 saturated carbocycles. The van der Waals surface area contributed by atoms with Crippen molar-refractivity contribution in [2.75, 3.05) is 64.5 Å². The molecule has 1 aliphatic rings. The Kier molecular flexibility index (Phi) is 8.34. The number of piperazine rings is 1. The summed E-state index contributed by atoms with van der Waals surface area (Å²) in [5.41, 5.74) is 1.92. The molecule has 0 aliphatic carbocycles. The zero-order valence-corrected chi connectivity index (χ0v) is 17.2. The maximum absolute atomic E-state index is 12.4. The Bertz CT molecular complexity index is 746. The van der Waals surface area contributed by atoms with E-state index in [1.54, 1.807) is 19.2 Å². The van der Waals surface area contributed by atoms with Gasteiger partial charge in [0.2, 0.25) is 0 Å². The van der Waals surface area contributed by atoms with E-state index in [4.69, 9.17) is 9.47 Å². The lowest BCUT2D eigenvalue weighted by molar-refractivity contribution is 0.0950. The molecule has 1 aliphatic heterocycles. The van der Waals surface area contributed by atoms with Crippen LogP contribution in [0, 0.1) is 0 Å². The molecule has 1 amide bonds. The standard InChI is InChI=1S/C23H31N3O3/c1-28-17-18-29-22-10-5-7-20(19-22)23(27)24-11-6-12-25-13-15-26(16-14-25)21-8-3-2-4-9-21/h2-5,7-10,19H,6,11-18H2,1H3,(H,24,27). The molecule has 0 unspecified atom stereocenters. The van der Waals surface area contributed by atoms with Gasteiger partial charge in [0.15, 0.2) is 0 Å². The van der Waals surface area contributed by atoms with E-state index < -0.39 is 0 Å². The van der Waals surface area contributed by atoms with Gasteiger partial charge < -0.3 is 19.7 Å². The first-order chi connectivity index (χ1) is 14.3. The average molecular weight is 398 g/mol. The Morgan fingerprint density at radius 3 is 2.55 bits per heavy atom. The van der Waals surface area contributed by atoms with Crippen molar-refractivity contribution in [3.63, 3.8) is 0 Å². The molecule has 0 radical (unpaired) electrons. The molecule has 3 rings (SSSR count). The Balaban J connectivity index is 1.33. The third kappa shape index (κ3) is 6.76. The number of nitrogens with one attached hydrogen (secondary N) is 1. The zero-order chi connectivity index (χ0) is 20.3. The molecular weight excluding hydrogens is 366 g/mol. The van der Waals surface area contributed by atoms with E-state index in [0.29, 0.717) is 31.1 Å². The van der Waals surface area contributed by atoms with Crippen LogP contribution in [0.3, 0.4) is 0 Å². The van der Waals surface area contributed by atoms with Gasteiger partial charge in [0.1, 0.15) is 12.4 Å². The summed E-state index contributed by atoms with van der Waals surface area (Å²) in [4.78, 5) is 17.3. The molecule has 2 aromatic rings. The average Bonchev–Trinajstić information content (AvgIpc) is 2.78. The number of carbonyl (C=O) groups excluding carboxylic acids is 1. The quantitative estimate of drug-likeness (QED) is 0.625. The Labute approximate surface area is 173 Å². The summed E-state index contributed by atoms with van der Waals surface area (Å²) in [5.74, 6) is 0.627. The van der Waals surface area contributed by atoms with Crippen LogP contribution in [0.1, 0.15) is 16.8 Å².